The Labute approximate surface area is 137 Å². The largest absolute Gasteiger partial charge is 0.508 e. The van der Waals surface area contributed by atoms with Crippen molar-refractivity contribution in [3.8, 4) is 5.75 Å². The molecule has 1 aromatic carbocycles. The number of benzene rings is 1. The summed E-state index contributed by atoms with van der Waals surface area (Å²) >= 11 is 0. The van der Waals surface area contributed by atoms with E-state index in [1.165, 1.54) is 18.0 Å². The zero-order valence-corrected chi connectivity index (χ0v) is 13.4. The van der Waals surface area contributed by atoms with Crippen LogP contribution in [0.25, 0.3) is 0 Å². The van der Waals surface area contributed by atoms with Crippen LogP contribution in [-0.4, -0.2) is 39.1 Å². The van der Waals surface area contributed by atoms with E-state index in [0.29, 0.717) is 5.69 Å². The van der Waals surface area contributed by atoms with Gasteiger partial charge in [0.15, 0.2) is 5.54 Å². The van der Waals surface area contributed by atoms with Gasteiger partial charge in [-0.05, 0) is 26.0 Å². The van der Waals surface area contributed by atoms with E-state index in [1.807, 2.05) is 0 Å². The van der Waals surface area contributed by atoms with E-state index in [9.17, 15) is 19.1 Å². The molecule has 0 radical (unpaired) electrons. The molecule has 0 unspecified atom stereocenters. The second-order valence-corrected chi connectivity index (χ2v) is 5.59. The molecule has 9 heteroatoms. The smallest absolute Gasteiger partial charge is 0.333 e. The van der Waals surface area contributed by atoms with Gasteiger partial charge in [0, 0.05) is 11.6 Å². The molecule has 0 fully saturated rings. The van der Waals surface area contributed by atoms with E-state index in [-0.39, 0.29) is 17.9 Å². The molecule has 0 bridgehead atoms. The fourth-order valence-electron chi connectivity index (χ4n) is 1.97. The van der Waals surface area contributed by atoms with Gasteiger partial charge in [-0.1, -0.05) is 5.21 Å². The third kappa shape index (κ3) is 3.67. The number of aromatic nitrogens is 3. The Hall–Kier alpha value is -2.97. The Balaban J connectivity index is 2.05. The number of carbonyl (C=O) groups is 2. The summed E-state index contributed by atoms with van der Waals surface area (Å²) in [5.74, 6) is -2.12. The number of esters is 1. The van der Waals surface area contributed by atoms with Gasteiger partial charge >= 0.3 is 5.97 Å². The highest BCUT2D eigenvalue weighted by molar-refractivity contribution is 5.94. The number of aromatic hydroxyl groups is 1. The molecule has 0 saturated heterocycles. The lowest BCUT2D eigenvalue weighted by atomic mass is 10.1. The molecule has 1 amide bonds. The van der Waals surface area contributed by atoms with Crippen molar-refractivity contribution >= 4 is 11.9 Å². The van der Waals surface area contributed by atoms with Gasteiger partial charge in [-0.3, -0.25) is 4.79 Å². The number of rotatable bonds is 5. The molecule has 0 atom stereocenters. The zero-order valence-electron chi connectivity index (χ0n) is 13.4. The van der Waals surface area contributed by atoms with Crippen molar-refractivity contribution in [3.05, 3.63) is 41.5 Å². The van der Waals surface area contributed by atoms with Gasteiger partial charge in [-0.15, -0.1) is 5.10 Å². The van der Waals surface area contributed by atoms with Crippen LogP contribution in [0.2, 0.25) is 0 Å². The summed E-state index contributed by atoms with van der Waals surface area (Å²) in [4.78, 5) is 23.7. The number of nitrogens with one attached hydrogen (secondary N) is 1. The number of phenolic OH excluding ortho intramolecular Hbond substituents is 1. The Morgan fingerprint density at radius 3 is 2.71 bits per heavy atom. The van der Waals surface area contributed by atoms with E-state index in [1.54, 1.807) is 13.8 Å². The third-order valence-electron chi connectivity index (χ3n) is 3.37. The molecule has 0 aliphatic carbocycles. The summed E-state index contributed by atoms with van der Waals surface area (Å²) in [6, 6.07) is 3.05. The quantitative estimate of drug-likeness (QED) is 0.788. The molecule has 1 heterocycles. The molecule has 2 aromatic rings. The second kappa shape index (κ2) is 6.65. The number of phenols is 1. The summed E-state index contributed by atoms with van der Waals surface area (Å²) in [7, 11) is 1.27. The molecule has 128 valence electrons. The second-order valence-electron chi connectivity index (χ2n) is 5.59. The summed E-state index contributed by atoms with van der Waals surface area (Å²) in [5.41, 5.74) is -0.658. The van der Waals surface area contributed by atoms with Crippen molar-refractivity contribution in [2.24, 2.45) is 0 Å². The maximum Gasteiger partial charge on any atom is 0.333 e. The molecule has 0 spiro atoms. The maximum atomic E-state index is 13.2. The molecule has 8 nitrogen and oxygen atoms in total. The number of ether oxygens (including phenoxy) is 1. The number of hydrogen-bond acceptors (Lipinski definition) is 6. The fourth-order valence-corrected chi connectivity index (χ4v) is 1.97. The fraction of sp³-hybridized carbons (Fsp3) is 0.333. The van der Waals surface area contributed by atoms with E-state index in [2.05, 4.69) is 15.6 Å². The zero-order chi connectivity index (χ0) is 17.9. The van der Waals surface area contributed by atoms with E-state index in [0.717, 1.165) is 18.2 Å². The lowest BCUT2D eigenvalue weighted by Gasteiger charge is -2.20. The third-order valence-corrected chi connectivity index (χ3v) is 3.37. The summed E-state index contributed by atoms with van der Waals surface area (Å²) < 4.78 is 19.2. The van der Waals surface area contributed by atoms with Gasteiger partial charge in [0.25, 0.3) is 5.91 Å². The number of nitrogens with zero attached hydrogens (tertiary/aromatic N) is 3. The minimum atomic E-state index is -1.04. The van der Waals surface area contributed by atoms with E-state index >= 15 is 0 Å². The first kappa shape index (κ1) is 17.4. The van der Waals surface area contributed by atoms with E-state index in [4.69, 9.17) is 4.74 Å². The molecule has 1 aromatic heterocycles. The standard InChI is InChI=1S/C15H17FN4O4/c1-15(2,14(23)24-3)20-8-11(18-19-20)7-17-13(22)9-4-10(16)6-12(21)5-9/h4-6,8,21H,7H2,1-3H3,(H,17,22). The van der Waals surface area contributed by atoms with Gasteiger partial charge in [-0.2, -0.15) is 0 Å². The van der Waals surface area contributed by atoms with Crippen LogP contribution in [-0.2, 0) is 21.6 Å². The molecular weight excluding hydrogens is 319 g/mol. The SMILES string of the molecule is COC(=O)C(C)(C)n1cc(CNC(=O)c2cc(O)cc(F)c2)nn1. The molecular formula is C15H17FN4O4. The number of halogens is 1. The topological polar surface area (TPSA) is 106 Å². The Morgan fingerprint density at radius 2 is 2.08 bits per heavy atom. The summed E-state index contributed by atoms with van der Waals surface area (Å²) in [6.45, 7) is 3.25. The first-order chi connectivity index (χ1) is 11.2. The summed E-state index contributed by atoms with van der Waals surface area (Å²) in [6.07, 6.45) is 1.50. The number of methoxy groups -OCH3 is 1. The average molecular weight is 336 g/mol. The van der Waals surface area contributed by atoms with Crippen LogP contribution < -0.4 is 5.32 Å². The van der Waals surface area contributed by atoms with Crippen molar-refractivity contribution in [2.45, 2.75) is 25.9 Å². The van der Waals surface area contributed by atoms with Gasteiger partial charge in [-0.25, -0.2) is 13.9 Å². The predicted octanol–water partition coefficient (Wildman–Crippen LogP) is 0.961. The van der Waals surface area contributed by atoms with Gasteiger partial charge < -0.3 is 15.2 Å². The van der Waals surface area contributed by atoms with Gasteiger partial charge in [0.05, 0.1) is 19.9 Å². The van der Waals surface area contributed by atoms with Crippen LogP contribution in [0.1, 0.15) is 29.9 Å². The van der Waals surface area contributed by atoms with Crippen molar-refractivity contribution in [3.63, 3.8) is 0 Å². The average Bonchev–Trinajstić information content (AvgIpc) is 3.00. The van der Waals surface area contributed by atoms with Crippen LogP contribution in [0.3, 0.4) is 0 Å². The number of hydrogen-bond donors (Lipinski definition) is 2. The van der Waals surface area contributed by atoms with Crippen molar-refractivity contribution in [1.82, 2.24) is 20.3 Å². The molecule has 0 aliphatic rings. The van der Waals surface area contributed by atoms with Crippen molar-refractivity contribution in [1.29, 1.82) is 0 Å². The van der Waals surface area contributed by atoms with Gasteiger partial charge in [0.1, 0.15) is 17.3 Å². The lowest BCUT2D eigenvalue weighted by molar-refractivity contribution is -0.150. The first-order valence-electron chi connectivity index (χ1n) is 7.02. The highest BCUT2D eigenvalue weighted by Crippen LogP contribution is 2.16. The Bertz CT molecular complexity index is 752. The Morgan fingerprint density at radius 1 is 1.38 bits per heavy atom. The highest BCUT2D eigenvalue weighted by Gasteiger charge is 2.32. The van der Waals surface area contributed by atoms with Crippen LogP contribution >= 0.6 is 0 Å². The van der Waals surface area contributed by atoms with Crippen LogP contribution in [0.4, 0.5) is 4.39 Å². The minimum absolute atomic E-state index is 0.0187. The highest BCUT2D eigenvalue weighted by atomic mass is 19.1. The molecule has 0 saturated carbocycles. The minimum Gasteiger partial charge on any atom is -0.508 e. The molecule has 0 aliphatic heterocycles. The summed E-state index contributed by atoms with van der Waals surface area (Å²) in [5, 5.41) is 19.6. The van der Waals surface area contributed by atoms with E-state index < -0.39 is 23.2 Å². The monoisotopic (exact) mass is 336 g/mol. The maximum absolute atomic E-state index is 13.2. The van der Waals surface area contributed by atoms with Gasteiger partial charge in [0.2, 0.25) is 0 Å². The normalized spacial score (nSPS) is 11.2. The molecule has 2 N–H and O–H groups in total. The number of carbonyl (C=O) groups excluding carboxylic acids is 2. The van der Waals surface area contributed by atoms with Crippen molar-refractivity contribution in [2.75, 3.05) is 7.11 Å². The van der Waals surface area contributed by atoms with Crippen LogP contribution in [0.15, 0.2) is 24.4 Å². The van der Waals surface area contributed by atoms with Crippen LogP contribution in [0, 0.1) is 5.82 Å². The van der Waals surface area contributed by atoms with Crippen molar-refractivity contribution < 1.29 is 23.8 Å². The first-order valence-corrected chi connectivity index (χ1v) is 7.02. The van der Waals surface area contributed by atoms with Crippen LogP contribution in [0.5, 0.6) is 5.75 Å². The number of amides is 1. The molecule has 24 heavy (non-hydrogen) atoms. The Kier molecular flexibility index (Phi) is 4.82. The lowest BCUT2D eigenvalue weighted by Crippen LogP contribution is -2.37. The predicted molar refractivity (Wildman–Crippen MR) is 80.6 cm³/mol. The molecule has 2 rings (SSSR count).